The van der Waals surface area contributed by atoms with Crippen LogP contribution in [0.1, 0.15) is 31.9 Å². The van der Waals surface area contributed by atoms with Gasteiger partial charge in [0.25, 0.3) is 0 Å². The molecule has 3 nitrogen and oxygen atoms in total. The van der Waals surface area contributed by atoms with Crippen LogP contribution in [0, 0.1) is 5.82 Å². The zero-order chi connectivity index (χ0) is 23.8. The SMILES string of the molecule is C=C(C)/C(Cc1ccc(F)cc1)=C(\C)N1CCOc2ccc(-c3cncs3)cc2C1.C=CC. The van der Waals surface area contributed by atoms with Crippen LogP contribution in [0.15, 0.2) is 90.2 Å². The molecule has 33 heavy (non-hydrogen) atoms. The quantitative estimate of drug-likeness (QED) is 0.291. The molecule has 0 amide bonds. The maximum atomic E-state index is 13.3. The molecule has 1 aliphatic rings. The topological polar surface area (TPSA) is 25.4 Å². The Balaban J connectivity index is 0.000000968. The van der Waals surface area contributed by atoms with Crippen LogP contribution in [-0.2, 0) is 13.0 Å². The summed E-state index contributed by atoms with van der Waals surface area (Å²) in [6, 6.07) is 13.1. The summed E-state index contributed by atoms with van der Waals surface area (Å²) in [6.45, 7) is 15.8. The molecule has 0 N–H and O–H groups in total. The van der Waals surface area contributed by atoms with Crippen LogP contribution in [0.4, 0.5) is 4.39 Å². The van der Waals surface area contributed by atoms with E-state index in [1.807, 2.05) is 37.7 Å². The number of ether oxygens (including phenoxy) is 1. The van der Waals surface area contributed by atoms with Gasteiger partial charge in [0.15, 0.2) is 0 Å². The summed E-state index contributed by atoms with van der Waals surface area (Å²) in [7, 11) is 0. The molecule has 0 saturated heterocycles. The molecular weight excluding hydrogens is 431 g/mol. The Labute approximate surface area is 200 Å². The highest BCUT2D eigenvalue weighted by Crippen LogP contribution is 2.32. The number of hydrogen-bond acceptors (Lipinski definition) is 4. The zero-order valence-electron chi connectivity index (χ0n) is 19.6. The van der Waals surface area contributed by atoms with Crippen LogP contribution < -0.4 is 4.74 Å². The molecule has 0 atom stereocenters. The number of fused-ring (bicyclic) bond motifs is 1. The van der Waals surface area contributed by atoms with E-state index in [1.165, 1.54) is 29.0 Å². The van der Waals surface area contributed by atoms with E-state index in [1.54, 1.807) is 17.4 Å². The third-order valence-electron chi connectivity index (χ3n) is 5.48. The minimum absolute atomic E-state index is 0.214. The smallest absolute Gasteiger partial charge is 0.124 e. The van der Waals surface area contributed by atoms with Crippen molar-refractivity contribution >= 4 is 11.3 Å². The minimum atomic E-state index is -0.214. The fraction of sp³-hybridized carbons (Fsp3) is 0.250. The highest BCUT2D eigenvalue weighted by atomic mass is 32.1. The summed E-state index contributed by atoms with van der Waals surface area (Å²) < 4.78 is 19.3. The predicted molar refractivity (Wildman–Crippen MR) is 137 cm³/mol. The van der Waals surface area contributed by atoms with E-state index in [9.17, 15) is 4.39 Å². The Kier molecular flexibility index (Phi) is 8.61. The average molecular weight is 463 g/mol. The lowest BCUT2D eigenvalue weighted by molar-refractivity contribution is 0.262. The Morgan fingerprint density at radius 1 is 1.21 bits per heavy atom. The van der Waals surface area contributed by atoms with Gasteiger partial charge in [0.2, 0.25) is 0 Å². The summed E-state index contributed by atoms with van der Waals surface area (Å²) in [4.78, 5) is 7.71. The van der Waals surface area contributed by atoms with Crippen molar-refractivity contribution in [3.63, 3.8) is 0 Å². The molecule has 0 saturated carbocycles. The zero-order valence-corrected chi connectivity index (χ0v) is 20.4. The number of aromatic nitrogens is 1. The van der Waals surface area contributed by atoms with Crippen molar-refractivity contribution in [2.45, 2.75) is 33.7 Å². The van der Waals surface area contributed by atoms with Crippen molar-refractivity contribution in [2.75, 3.05) is 13.2 Å². The van der Waals surface area contributed by atoms with Gasteiger partial charge in [-0.15, -0.1) is 17.9 Å². The van der Waals surface area contributed by atoms with Gasteiger partial charge in [0.05, 0.1) is 16.9 Å². The lowest BCUT2D eigenvalue weighted by atomic mass is 9.97. The first-order valence-corrected chi connectivity index (χ1v) is 11.9. The van der Waals surface area contributed by atoms with Crippen molar-refractivity contribution in [3.05, 3.63) is 107 Å². The maximum Gasteiger partial charge on any atom is 0.124 e. The van der Waals surface area contributed by atoms with Gasteiger partial charge in [0.1, 0.15) is 18.2 Å². The second-order valence-electron chi connectivity index (χ2n) is 8.01. The van der Waals surface area contributed by atoms with Gasteiger partial charge in [-0.25, -0.2) is 4.39 Å². The van der Waals surface area contributed by atoms with Crippen molar-refractivity contribution < 1.29 is 9.13 Å². The van der Waals surface area contributed by atoms with E-state index in [0.717, 1.165) is 46.8 Å². The van der Waals surface area contributed by atoms with Gasteiger partial charge in [-0.2, -0.15) is 0 Å². The van der Waals surface area contributed by atoms with Crippen LogP contribution in [0.2, 0.25) is 0 Å². The van der Waals surface area contributed by atoms with E-state index in [2.05, 4.69) is 48.2 Å². The van der Waals surface area contributed by atoms with E-state index in [4.69, 9.17) is 4.74 Å². The number of halogens is 1. The molecule has 2 heterocycles. The van der Waals surface area contributed by atoms with Crippen molar-refractivity contribution in [1.29, 1.82) is 0 Å². The molecule has 1 aromatic heterocycles. The molecule has 0 fully saturated rings. The van der Waals surface area contributed by atoms with E-state index in [0.29, 0.717) is 6.61 Å². The van der Waals surface area contributed by atoms with E-state index < -0.39 is 0 Å². The van der Waals surface area contributed by atoms with Crippen LogP contribution in [0.3, 0.4) is 0 Å². The van der Waals surface area contributed by atoms with Gasteiger partial charge in [0, 0.05) is 24.0 Å². The van der Waals surface area contributed by atoms with Crippen LogP contribution in [0.5, 0.6) is 5.75 Å². The van der Waals surface area contributed by atoms with E-state index in [-0.39, 0.29) is 5.82 Å². The Bertz CT molecular complexity index is 1120. The molecule has 0 unspecified atom stereocenters. The average Bonchev–Trinajstić information content (AvgIpc) is 3.25. The summed E-state index contributed by atoms with van der Waals surface area (Å²) in [5.41, 5.74) is 8.66. The number of nitrogens with zero attached hydrogens (tertiary/aromatic N) is 2. The first-order valence-electron chi connectivity index (χ1n) is 11.0. The third kappa shape index (κ3) is 6.42. The lowest BCUT2D eigenvalue weighted by Crippen LogP contribution is -2.25. The normalized spacial score (nSPS) is 13.5. The summed E-state index contributed by atoms with van der Waals surface area (Å²) in [5.74, 6) is 0.725. The summed E-state index contributed by atoms with van der Waals surface area (Å²) in [5, 5.41) is 0. The highest BCUT2D eigenvalue weighted by Gasteiger charge is 2.19. The van der Waals surface area contributed by atoms with Gasteiger partial charge >= 0.3 is 0 Å². The number of rotatable bonds is 5. The maximum absolute atomic E-state index is 13.3. The van der Waals surface area contributed by atoms with Crippen molar-refractivity contribution in [3.8, 4) is 16.2 Å². The first kappa shape index (κ1) is 24.5. The fourth-order valence-electron chi connectivity index (χ4n) is 3.78. The van der Waals surface area contributed by atoms with Crippen LogP contribution in [-0.4, -0.2) is 23.0 Å². The highest BCUT2D eigenvalue weighted by molar-refractivity contribution is 7.13. The molecule has 3 aromatic rings. The van der Waals surface area contributed by atoms with Crippen LogP contribution in [0.25, 0.3) is 10.4 Å². The minimum Gasteiger partial charge on any atom is -0.491 e. The number of hydrogen-bond donors (Lipinski definition) is 0. The van der Waals surface area contributed by atoms with Gasteiger partial charge in [-0.05, 0) is 74.2 Å². The molecule has 5 heteroatoms. The first-order chi connectivity index (χ1) is 15.9. The fourth-order valence-corrected chi connectivity index (χ4v) is 4.40. The monoisotopic (exact) mass is 462 g/mol. The van der Waals surface area contributed by atoms with Crippen LogP contribution >= 0.6 is 11.3 Å². The predicted octanol–water partition coefficient (Wildman–Crippen LogP) is 7.43. The Hall–Kier alpha value is -3.18. The van der Waals surface area contributed by atoms with Gasteiger partial charge < -0.3 is 9.64 Å². The molecule has 0 bridgehead atoms. The standard InChI is InChI=1S/C25H25FN2OS.C3H6/c1-17(2)23(12-19-4-7-22(26)8-5-19)18(3)28-10-11-29-24-9-6-20(13-21(24)15-28)25-14-27-16-30-25;1-3-2/h4-9,13-14,16H,1,10-12,15H2,2-3H3;3H,1H2,2H3/b23-18+;. The second-order valence-corrected chi connectivity index (χ2v) is 8.90. The number of benzene rings is 2. The molecule has 0 radical (unpaired) electrons. The molecule has 2 aromatic carbocycles. The molecular formula is C28H31FN2OS. The number of thiazole rings is 1. The lowest BCUT2D eigenvalue weighted by Gasteiger charge is -2.26. The van der Waals surface area contributed by atoms with Gasteiger partial charge in [-0.1, -0.05) is 30.4 Å². The van der Waals surface area contributed by atoms with Crippen molar-refractivity contribution in [1.82, 2.24) is 9.88 Å². The Morgan fingerprint density at radius 3 is 2.58 bits per heavy atom. The summed E-state index contributed by atoms with van der Waals surface area (Å²) in [6.07, 6.45) is 4.38. The largest absolute Gasteiger partial charge is 0.491 e. The third-order valence-corrected chi connectivity index (χ3v) is 6.30. The number of allylic oxidation sites excluding steroid dienone is 4. The summed E-state index contributed by atoms with van der Waals surface area (Å²) >= 11 is 1.64. The molecule has 0 spiro atoms. The molecule has 0 aliphatic carbocycles. The van der Waals surface area contributed by atoms with Gasteiger partial charge in [-0.3, -0.25) is 4.98 Å². The van der Waals surface area contributed by atoms with E-state index >= 15 is 0 Å². The molecule has 4 rings (SSSR count). The molecule has 1 aliphatic heterocycles. The van der Waals surface area contributed by atoms with Crippen molar-refractivity contribution in [2.24, 2.45) is 0 Å². The molecule has 172 valence electrons. The Morgan fingerprint density at radius 2 is 1.94 bits per heavy atom. The second kappa shape index (κ2) is 11.6.